The number of aromatic nitrogens is 1. The zero-order chi connectivity index (χ0) is 19.7. The molecule has 154 valence electrons. The lowest BCUT2D eigenvalue weighted by molar-refractivity contribution is -0.139. The first-order valence-electron chi connectivity index (χ1n) is 10.5. The van der Waals surface area contributed by atoms with E-state index in [9.17, 15) is 14.7 Å². The number of aliphatic hydroxyl groups is 1. The fourth-order valence-electron chi connectivity index (χ4n) is 4.43. The molecule has 1 aromatic heterocycles. The predicted octanol–water partition coefficient (Wildman–Crippen LogP) is 1.01. The van der Waals surface area contributed by atoms with Crippen molar-refractivity contribution in [2.24, 2.45) is 17.6 Å². The summed E-state index contributed by atoms with van der Waals surface area (Å²) in [5.41, 5.74) is 6.23. The molecule has 4 rings (SSSR count). The van der Waals surface area contributed by atoms with E-state index in [1.54, 1.807) is 6.07 Å². The van der Waals surface area contributed by atoms with Gasteiger partial charge in [-0.05, 0) is 44.9 Å². The number of piperidine rings is 1. The van der Waals surface area contributed by atoms with E-state index in [1.807, 2.05) is 4.90 Å². The minimum absolute atomic E-state index is 0.0428. The molecule has 3 fully saturated rings. The van der Waals surface area contributed by atoms with Gasteiger partial charge < -0.3 is 25.6 Å². The van der Waals surface area contributed by atoms with Crippen molar-refractivity contribution in [1.29, 1.82) is 0 Å². The summed E-state index contributed by atoms with van der Waals surface area (Å²) in [6.07, 6.45) is 6.28. The van der Waals surface area contributed by atoms with Crippen molar-refractivity contribution >= 4 is 11.8 Å². The number of nitrogens with two attached hydrogens (primary N) is 1. The van der Waals surface area contributed by atoms with Gasteiger partial charge in [0.2, 0.25) is 5.91 Å². The fraction of sp³-hybridized carbons (Fsp3) is 0.750. The van der Waals surface area contributed by atoms with E-state index in [0.29, 0.717) is 25.4 Å². The highest BCUT2D eigenvalue weighted by molar-refractivity contribution is 5.92. The van der Waals surface area contributed by atoms with E-state index >= 15 is 0 Å². The van der Waals surface area contributed by atoms with Gasteiger partial charge in [0.25, 0.3) is 5.91 Å². The van der Waals surface area contributed by atoms with Crippen LogP contribution in [0.5, 0.6) is 0 Å². The lowest BCUT2D eigenvalue weighted by Gasteiger charge is -2.40. The second kappa shape index (κ2) is 8.21. The molecule has 2 amide bonds. The van der Waals surface area contributed by atoms with Gasteiger partial charge in [-0.3, -0.25) is 9.59 Å². The normalized spacial score (nSPS) is 30.9. The van der Waals surface area contributed by atoms with Crippen LogP contribution in [0.4, 0.5) is 0 Å². The standard InChI is InChI=1S/C20H30N4O4/c21-15-5-3-13(4-6-15)20(27)24-8-7-16(14(10-24)11-25)22-19(26)17-9-18(28-23-17)12-1-2-12/h9,12-16,25H,1-8,10-11,21H2,(H,22,26)/t13-,14-,15-,16+/m0/s1. The first kappa shape index (κ1) is 19.4. The molecular weight excluding hydrogens is 360 g/mol. The molecule has 1 aliphatic heterocycles. The van der Waals surface area contributed by atoms with Gasteiger partial charge in [0.15, 0.2) is 5.69 Å². The molecular formula is C20H30N4O4. The van der Waals surface area contributed by atoms with Crippen molar-refractivity contribution in [3.63, 3.8) is 0 Å². The summed E-state index contributed by atoms with van der Waals surface area (Å²) in [7, 11) is 0. The van der Waals surface area contributed by atoms with Gasteiger partial charge in [-0.2, -0.15) is 0 Å². The van der Waals surface area contributed by atoms with E-state index < -0.39 is 0 Å². The van der Waals surface area contributed by atoms with Gasteiger partial charge >= 0.3 is 0 Å². The minimum Gasteiger partial charge on any atom is -0.396 e. The average molecular weight is 390 g/mol. The molecule has 2 atom stereocenters. The van der Waals surface area contributed by atoms with E-state index in [0.717, 1.165) is 44.3 Å². The zero-order valence-electron chi connectivity index (χ0n) is 16.2. The van der Waals surface area contributed by atoms with Crippen molar-refractivity contribution in [2.45, 2.75) is 62.9 Å². The van der Waals surface area contributed by atoms with Gasteiger partial charge in [0, 0.05) is 55.6 Å². The first-order chi connectivity index (χ1) is 13.5. The lowest BCUT2D eigenvalue weighted by Crippen LogP contribution is -2.54. The number of carbonyl (C=O) groups is 2. The van der Waals surface area contributed by atoms with Crippen molar-refractivity contribution in [2.75, 3.05) is 19.7 Å². The Morgan fingerprint density at radius 2 is 1.96 bits per heavy atom. The third-order valence-electron chi connectivity index (χ3n) is 6.46. The van der Waals surface area contributed by atoms with Crippen molar-refractivity contribution in [3.05, 3.63) is 17.5 Å². The van der Waals surface area contributed by atoms with Gasteiger partial charge in [0.05, 0.1) is 0 Å². The SMILES string of the molecule is N[C@H]1CC[C@H](C(=O)N2CC[C@@H](NC(=O)c3cc(C4CC4)on3)[C@H](CO)C2)CC1. The topological polar surface area (TPSA) is 122 Å². The highest BCUT2D eigenvalue weighted by Gasteiger charge is 2.36. The second-order valence-electron chi connectivity index (χ2n) is 8.60. The molecule has 28 heavy (non-hydrogen) atoms. The Morgan fingerprint density at radius 3 is 2.64 bits per heavy atom. The van der Waals surface area contributed by atoms with E-state index in [1.165, 1.54) is 0 Å². The maximum absolute atomic E-state index is 12.8. The predicted molar refractivity (Wildman–Crippen MR) is 101 cm³/mol. The largest absolute Gasteiger partial charge is 0.396 e. The summed E-state index contributed by atoms with van der Waals surface area (Å²) in [5.74, 6) is 0.934. The van der Waals surface area contributed by atoms with Crippen LogP contribution in [0.15, 0.2) is 10.6 Å². The molecule has 1 saturated heterocycles. The highest BCUT2D eigenvalue weighted by atomic mass is 16.5. The molecule has 8 nitrogen and oxygen atoms in total. The molecule has 0 aromatic carbocycles. The smallest absolute Gasteiger partial charge is 0.273 e. The molecule has 0 bridgehead atoms. The number of carbonyl (C=O) groups excluding carboxylic acids is 2. The van der Waals surface area contributed by atoms with E-state index in [-0.39, 0.29) is 48.0 Å². The summed E-state index contributed by atoms with van der Waals surface area (Å²) >= 11 is 0. The number of nitrogens with one attached hydrogen (secondary N) is 1. The maximum atomic E-state index is 12.8. The maximum Gasteiger partial charge on any atom is 0.273 e. The molecule has 2 saturated carbocycles. The monoisotopic (exact) mass is 390 g/mol. The number of hydrogen-bond donors (Lipinski definition) is 3. The van der Waals surface area contributed by atoms with Crippen molar-refractivity contribution < 1.29 is 19.2 Å². The summed E-state index contributed by atoms with van der Waals surface area (Å²) in [5, 5.41) is 16.7. The third kappa shape index (κ3) is 4.22. The van der Waals surface area contributed by atoms with Gasteiger partial charge in [-0.15, -0.1) is 0 Å². The molecule has 0 spiro atoms. The van der Waals surface area contributed by atoms with Gasteiger partial charge in [0.1, 0.15) is 5.76 Å². The number of nitrogens with zero attached hydrogens (tertiary/aromatic N) is 2. The summed E-state index contributed by atoms with van der Waals surface area (Å²) in [6.45, 7) is 0.986. The van der Waals surface area contributed by atoms with E-state index in [4.69, 9.17) is 10.3 Å². The molecule has 4 N–H and O–H groups in total. The second-order valence-corrected chi connectivity index (χ2v) is 8.60. The molecule has 0 unspecified atom stereocenters. The van der Waals surface area contributed by atoms with Crippen LogP contribution in [-0.4, -0.2) is 58.8 Å². The lowest BCUT2D eigenvalue weighted by atomic mass is 9.84. The summed E-state index contributed by atoms with van der Waals surface area (Å²) < 4.78 is 5.25. The molecule has 0 radical (unpaired) electrons. The third-order valence-corrected chi connectivity index (χ3v) is 6.46. The first-order valence-corrected chi connectivity index (χ1v) is 10.5. The number of likely N-dealkylation sites (tertiary alicyclic amines) is 1. The van der Waals surface area contributed by atoms with Crippen LogP contribution in [0.3, 0.4) is 0 Å². The average Bonchev–Trinajstić information content (AvgIpc) is 3.44. The molecule has 1 aromatic rings. The van der Waals surface area contributed by atoms with Crippen LogP contribution in [0.25, 0.3) is 0 Å². The quantitative estimate of drug-likeness (QED) is 0.690. The number of hydrogen-bond acceptors (Lipinski definition) is 6. The summed E-state index contributed by atoms with van der Waals surface area (Å²) in [4.78, 5) is 27.2. The Kier molecular flexibility index (Phi) is 5.68. The van der Waals surface area contributed by atoms with Crippen LogP contribution in [0, 0.1) is 11.8 Å². The van der Waals surface area contributed by atoms with Crippen LogP contribution in [-0.2, 0) is 4.79 Å². The Hall–Kier alpha value is -1.93. The zero-order valence-corrected chi connectivity index (χ0v) is 16.2. The Balaban J connectivity index is 1.32. The minimum atomic E-state index is -0.278. The molecule has 2 aliphatic carbocycles. The van der Waals surface area contributed by atoms with E-state index in [2.05, 4.69) is 10.5 Å². The van der Waals surface area contributed by atoms with Crippen LogP contribution in [0.2, 0.25) is 0 Å². The Morgan fingerprint density at radius 1 is 1.21 bits per heavy atom. The highest BCUT2D eigenvalue weighted by Crippen LogP contribution is 2.40. The number of aliphatic hydroxyl groups excluding tert-OH is 1. The molecule has 8 heteroatoms. The van der Waals surface area contributed by atoms with Crippen LogP contribution < -0.4 is 11.1 Å². The summed E-state index contributed by atoms with van der Waals surface area (Å²) in [6, 6.07) is 1.75. The Bertz CT molecular complexity index is 709. The van der Waals surface area contributed by atoms with Crippen LogP contribution in [0.1, 0.15) is 67.1 Å². The van der Waals surface area contributed by atoms with Crippen LogP contribution >= 0.6 is 0 Å². The molecule has 2 heterocycles. The number of amides is 2. The fourth-order valence-corrected chi connectivity index (χ4v) is 4.43. The molecule has 3 aliphatic rings. The Labute approximate surface area is 164 Å². The van der Waals surface area contributed by atoms with Crippen molar-refractivity contribution in [3.8, 4) is 0 Å². The number of rotatable bonds is 5. The van der Waals surface area contributed by atoms with Gasteiger partial charge in [-0.25, -0.2) is 0 Å². The van der Waals surface area contributed by atoms with Gasteiger partial charge in [-0.1, -0.05) is 5.16 Å². The van der Waals surface area contributed by atoms with Crippen molar-refractivity contribution in [1.82, 2.24) is 15.4 Å².